The van der Waals surface area contributed by atoms with E-state index in [1.807, 2.05) is 6.92 Å². The van der Waals surface area contributed by atoms with Crippen LogP contribution in [0.1, 0.15) is 43.2 Å². The lowest BCUT2D eigenvalue weighted by atomic mass is 9.95. The summed E-state index contributed by atoms with van der Waals surface area (Å²) in [5.41, 5.74) is 9.27. The molecule has 0 aliphatic heterocycles. The number of hydrogen-bond donors (Lipinski definition) is 2. The highest BCUT2D eigenvalue weighted by Gasteiger charge is 2.12. The first kappa shape index (κ1) is 11.5. The average molecular weight is 218 g/mol. The molecule has 0 spiro atoms. The molecule has 0 aromatic heterocycles. The van der Waals surface area contributed by atoms with E-state index in [2.05, 4.69) is 23.5 Å². The van der Waals surface area contributed by atoms with Crippen molar-refractivity contribution in [3.8, 4) is 0 Å². The van der Waals surface area contributed by atoms with Gasteiger partial charge in [0.15, 0.2) is 0 Å². The molecule has 0 heterocycles. The van der Waals surface area contributed by atoms with Crippen LogP contribution in [0.5, 0.6) is 0 Å². The maximum Gasteiger partial charge on any atom is 0.0346 e. The molecule has 2 nitrogen and oxygen atoms in total. The fourth-order valence-corrected chi connectivity index (χ4v) is 2.37. The highest BCUT2D eigenvalue weighted by Crippen LogP contribution is 2.18. The Kier molecular flexibility index (Phi) is 3.83. The van der Waals surface area contributed by atoms with Crippen molar-refractivity contribution in [3.63, 3.8) is 0 Å². The number of nitrogens with two attached hydrogens (primary N) is 1. The van der Waals surface area contributed by atoms with Crippen LogP contribution in [0.2, 0.25) is 0 Å². The number of nitrogen functional groups attached to an aromatic ring is 1. The van der Waals surface area contributed by atoms with Crippen molar-refractivity contribution in [1.82, 2.24) is 5.32 Å². The van der Waals surface area contributed by atoms with Crippen LogP contribution in [-0.4, -0.2) is 6.04 Å². The Morgan fingerprint density at radius 3 is 2.69 bits per heavy atom. The van der Waals surface area contributed by atoms with Crippen molar-refractivity contribution in [1.29, 1.82) is 0 Å². The van der Waals surface area contributed by atoms with E-state index in [1.165, 1.54) is 43.2 Å². The molecule has 0 radical (unpaired) electrons. The molecular formula is C14H22N2. The average Bonchev–Trinajstić information content (AvgIpc) is 2.32. The van der Waals surface area contributed by atoms with E-state index in [1.54, 1.807) is 0 Å². The molecule has 0 amide bonds. The number of nitrogens with one attached hydrogen (secondary N) is 1. The van der Waals surface area contributed by atoms with E-state index < -0.39 is 0 Å². The minimum absolute atomic E-state index is 0.719. The number of aryl methyl sites for hydroxylation is 1. The Morgan fingerprint density at radius 1 is 1.25 bits per heavy atom. The largest absolute Gasteiger partial charge is 0.399 e. The Balaban J connectivity index is 1.86. The van der Waals surface area contributed by atoms with Crippen LogP contribution in [0.3, 0.4) is 0 Å². The Bertz CT molecular complexity index is 341. The molecule has 0 saturated heterocycles. The van der Waals surface area contributed by atoms with Gasteiger partial charge in [0.1, 0.15) is 0 Å². The van der Waals surface area contributed by atoms with Gasteiger partial charge in [0.05, 0.1) is 0 Å². The van der Waals surface area contributed by atoms with Gasteiger partial charge in [0, 0.05) is 18.3 Å². The van der Waals surface area contributed by atoms with E-state index in [-0.39, 0.29) is 0 Å². The third kappa shape index (κ3) is 2.99. The van der Waals surface area contributed by atoms with Crippen LogP contribution >= 0.6 is 0 Å². The molecule has 16 heavy (non-hydrogen) atoms. The first-order chi connectivity index (χ1) is 7.75. The molecule has 1 saturated carbocycles. The smallest absolute Gasteiger partial charge is 0.0346 e. The standard InChI is InChI=1S/C14H22N2/c1-11-7-8-12(9-14(11)15)10-16-13-5-3-2-4-6-13/h7-9,13,16H,2-6,10,15H2,1H3. The van der Waals surface area contributed by atoms with Gasteiger partial charge in [-0.15, -0.1) is 0 Å². The molecule has 1 aromatic rings. The lowest BCUT2D eigenvalue weighted by Crippen LogP contribution is -2.30. The van der Waals surface area contributed by atoms with E-state index in [9.17, 15) is 0 Å². The van der Waals surface area contributed by atoms with Gasteiger partial charge in [-0.05, 0) is 37.0 Å². The number of hydrogen-bond acceptors (Lipinski definition) is 2. The molecule has 0 atom stereocenters. The minimum Gasteiger partial charge on any atom is -0.399 e. The summed E-state index contributed by atoms with van der Waals surface area (Å²) in [4.78, 5) is 0. The van der Waals surface area contributed by atoms with Crippen molar-refractivity contribution in [2.45, 2.75) is 51.6 Å². The zero-order chi connectivity index (χ0) is 11.4. The van der Waals surface area contributed by atoms with Crippen molar-refractivity contribution in [3.05, 3.63) is 29.3 Å². The first-order valence-corrected chi connectivity index (χ1v) is 6.34. The second-order valence-electron chi connectivity index (χ2n) is 4.91. The van der Waals surface area contributed by atoms with Crippen molar-refractivity contribution >= 4 is 5.69 Å². The second kappa shape index (κ2) is 5.35. The first-order valence-electron chi connectivity index (χ1n) is 6.34. The van der Waals surface area contributed by atoms with Crippen LogP contribution in [0.15, 0.2) is 18.2 Å². The zero-order valence-electron chi connectivity index (χ0n) is 10.1. The normalized spacial score (nSPS) is 17.6. The third-order valence-electron chi connectivity index (χ3n) is 3.54. The molecule has 2 heteroatoms. The van der Waals surface area contributed by atoms with Gasteiger partial charge in [0.2, 0.25) is 0 Å². The molecule has 0 unspecified atom stereocenters. The van der Waals surface area contributed by atoms with Gasteiger partial charge in [-0.25, -0.2) is 0 Å². The molecular weight excluding hydrogens is 196 g/mol. The fraction of sp³-hybridized carbons (Fsp3) is 0.571. The van der Waals surface area contributed by atoms with Gasteiger partial charge in [-0.1, -0.05) is 31.4 Å². The van der Waals surface area contributed by atoms with Crippen molar-refractivity contribution in [2.75, 3.05) is 5.73 Å². The molecule has 2 rings (SSSR count). The lowest BCUT2D eigenvalue weighted by molar-refractivity contribution is 0.372. The van der Waals surface area contributed by atoms with E-state index >= 15 is 0 Å². The molecule has 0 bridgehead atoms. The Labute approximate surface area is 98.2 Å². The maximum atomic E-state index is 5.90. The molecule has 88 valence electrons. The predicted molar refractivity (Wildman–Crippen MR) is 69.3 cm³/mol. The number of anilines is 1. The highest BCUT2D eigenvalue weighted by molar-refractivity contribution is 5.48. The second-order valence-corrected chi connectivity index (χ2v) is 4.91. The number of rotatable bonds is 3. The minimum atomic E-state index is 0.719. The van der Waals surface area contributed by atoms with Crippen LogP contribution < -0.4 is 11.1 Å². The summed E-state index contributed by atoms with van der Waals surface area (Å²) < 4.78 is 0. The SMILES string of the molecule is Cc1ccc(CNC2CCCCC2)cc1N. The summed E-state index contributed by atoms with van der Waals surface area (Å²) in [6, 6.07) is 7.08. The summed E-state index contributed by atoms with van der Waals surface area (Å²) in [6.45, 7) is 3.00. The molecule has 1 aliphatic rings. The van der Waals surface area contributed by atoms with Crippen LogP contribution in [0.25, 0.3) is 0 Å². The summed E-state index contributed by atoms with van der Waals surface area (Å²) >= 11 is 0. The monoisotopic (exact) mass is 218 g/mol. The van der Waals surface area contributed by atoms with E-state index in [0.717, 1.165) is 18.3 Å². The maximum absolute atomic E-state index is 5.90. The van der Waals surface area contributed by atoms with E-state index in [4.69, 9.17) is 5.73 Å². The topological polar surface area (TPSA) is 38.0 Å². The van der Waals surface area contributed by atoms with Gasteiger partial charge in [-0.3, -0.25) is 0 Å². The van der Waals surface area contributed by atoms with Crippen LogP contribution in [0.4, 0.5) is 5.69 Å². The Morgan fingerprint density at radius 2 is 2.00 bits per heavy atom. The highest BCUT2D eigenvalue weighted by atomic mass is 14.9. The van der Waals surface area contributed by atoms with Crippen molar-refractivity contribution < 1.29 is 0 Å². The molecule has 1 aliphatic carbocycles. The molecule has 3 N–H and O–H groups in total. The van der Waals surface area contributed by atoms with Gasteiger partial charge >= 0.3 is 0 Å². The summed E-state index contributed by atoms with van der Waals surface area (Å²) in [5, 5.41) is 3.63. The quantitative estimate of drug-likeness (QED) is 0.765. The predicted octanol–water partition coefficient (Wildman–Crippen LogP) is 3.00. The van der Waals surface area contributed by atoms with Crippen LogP contribution in [-0.2, 0) is 6.54 Å². The van der Waals surface area contributed by atoms with E-state index in [0.29, 0.717) is 0 Å². The fourth-order valence-electron chi connectivity index (χ4n) is 2.37. The van der Waals surface area contributed by atoms with Crippen molar-refractivity contribution in [2.24, 2.45) is 0 Å². The number of benzene rings is 1. The molecule has 1 fully saturated rings. The lowest BCUT2D eigenvalue weighted by Gasteiger charge is -2.23. The zero-order valence-corrected chi connectivity index (χ0v) is 10.1. The summed E-state index contributed by atoms with van der Waals surface area (Å²) in [5.74, 6) is 0. The summed E-state index contributed by atoms with van der Waals surface area (Å²) in [7, 11) is 0. The van der Waals surface area contributed by atoms with Gasteiger partial charge in [0.25, 0.3) is 0 Å². The van der Waals surface area contributed by atoms with Gasteiger partial charge < -0.3 is 11.1 Å². The van der Waals surface area contributed by atoms with Crippen LogP contribution in [0, 0.1) is 6.92 Å². The van der Waals surface area contributed by atoms with Gasteiger partial charge in [-0.2, -0.15) is 0 Å². The third-order valence-corrected chi connectivity index (χ3v) is 3.54. The summed E-state index contributed by atoms with van der Waals surface area (Å²) in [6.07, 6.45) is 6.85. The Hall–Kier alpha value is -1.02. The molecule has 1 aromatic carbocycles.